The average Bonchev–Trinajstić information content (AvgIpc) is 2.80. The van der Waals surface area contributed by atoms with Crippen molar-refractivity contribution in [3.63, 3.8) is 0 Å². The second-order valence-corrected chi connectivity index (χ2v) is 4.80. The van der Waals surface area contributed by atoms with Gasteiger partial charge >= 0.3 is 6.18 Å². The van der Waals surface area contributed by atoms with Crippen LogP contribution in [0.5, 0.6) is 0 Å². The number of carbonyl (C=O) groups is 1. The van der Waals surface area contributed by atoms with E-state index in [4.69, 9.17) is 5.73 Å². The molecular formula is C13H15F3N2O. The molecule has 1 unspecified atom stereocenters. The minimum absolute atomic E-state index is 0.180. The Bertz CT molecular complexity index is 479. The first-order valence-corrected chi connectivity index (χ1v) is 6.08. The van der Waals surface area contributed by atoms with Crippen LogP contribution in [0, 0.1) is 5.92 Å². The Labute approximate surface area is 109 Å². The van der Waals surface area contributed by atoms with E-state index in [1.807, 2.05) is 0 Å². The van der Waals surface area contributed by atoms with Crippen LogP contribution in [0.1, 0.15) is 27.9 Å². The van der Waals surface area contributed by atoms with Gasteiger partial charge in [-0.25, -0.2) is 0 Å². The maximum atomic E-state index is 12.7. The third-order valence-electron chi connectivity index (χ3n) is 3.37. The molecule has 1 aliphatic rings. The van der Waals surface area contributed by atoms with Gasteiger partial charge in [-0.1, -0.05) is 0 Å². The number of alkyl halides is 3. The average molecular weight is 272 g/mol. The zero-order valence-corrected chi connectivity index (χ0v) is 10.3. The van der Waals surface area contributed by atoms with E-state index in [-0.39, 0.29) is 11.5 Å². The van der Waals surface area contributed by atoms with E-state index in [2.05, 4.69) is 5.32 Å². The molecule has 0 bridgehead atoms. The Morgan fingerprint density at radius 1 is 1.42 bits per heavy atom. The first-order chi connectivity index (χ1) is 8.88. The highest BCUT2D eigenvalue weighted by molar-refractivity contribution is 5.94. The highest BCUT2D eigenvalue weighted by Gasteiger charge is 2.31. The molecular weight excluding hydrogens is 257 g/mol. The van der Waals surface area contributed by atoms with Gasteiger partial charge in [-0.05, 0) is 55.6 Å². The predicted molar refractivity (Wildman–Crippen MR) is 64.6 cm³/mol. The largest absolute Gasteiger partial charge is 0.416 e. The number of carbonyl (C=O) groups excluding carboxylic acids is 1. The highest BCUT2D eigenvalue weighted by atomic mass is 19.4. The molecule has 19 heavy (non-hydrogen) atoms. The molecule has 0 spiro atoms. The second-order valence-electron chi connectivity index (χ2n) is 4.80. The molecule has 3 N–H and O–H groups in total. The highest BCUT2D eigenvalue weighted by Crippen LogP contribution is 2.31. The maximum Gasteiger partial charge on any atom is 0.416 e. The summed E-state index contributed by atoms with van der Waals surface area (Å²) in [4.78, 5) is 11.3. The number of nitrogens with two attached hydrogens (primary N) is 1. The molecule has 1 aliphatic heterocycles. The van der Waals surface area contributed by atoms with Crippen molar-refractivity contribution >= 4 is 5.91 Å². The summed E-state index contributed by atoms with van der Waals surface area (Å²) in [6.45, 7) is 1.62. The van der Waals surface area contributed by atoms with E-state index in [1.165, 1.54) is 6.07 Å². The van der Waals surface area contributed by atoms with Crippen LogP contribution >= 0.6 is 0 Å². The molecule has 0 aliphatic carbocycles. The van der Waals surface area contributed by atoms with E-state index in [0.29, 0.717) is 12.0 Å². The summed E-state index contributed by atoms with van der Waals surface area (Å²) in [7, 11) is 0. The van der Waals surface area contributed by atoms with Crippen molar-refractivity contribution in [1.29, 1.82) is 0 Å². The summed E-state index contributed by atoms with van der Waals surface area (Å²) in [5.74, 6) is -0.434. The SMILES string of the molecule is NC(=O)c1ccc(C(F)(F)F)cc1CC1CCNC1. The topological polar surface area (TPSA) is 55.1 Å². The van der Waals surface area contributed by atoms with Crippen LogP contribution in [0.4, 0.5) is 13.2 Å². The smallest absolute Gasteiger partial charge is 0.366 e. The number of amides is 1. The molecule has 1 saturated heterocycles. The number of primary amides is 1. The lowest BCUT2D eigenvalue weighted by atomic mass is 9.93. The number of benzene rings is 1. The van der Waals surface area contributed by atoms with E-state index in [9.17, 15) is 18.0 Å². The molecule has 1 atom stereocenters. The van der Waals surface area contributed by atoms with Crippen LogP contribution in [0.3, 0.4) is 0 Å². The first kappa shape index (κ1) is 13.9. The van der Waals surface area contributed by atoms with Crippen LogP contribution in [0.15, 0.2) is 18.2 Å². The molecule has 1 amide bonds. The zero-order chi connectivity index (χ0) is 14.0. The number of rotatable bonds is 3. The predicted octanol–water partition coefficient (Wildman–Crippen LogP) is 1.96. The van der Waals surface area contributed by atoms with Crippen molar-refractivity contribution < 1.29 is 18.0 Å². The fourth-order valence-corrected chi connectivity index (χ4v) is 2.38. The monoisotopic (exact) mass is 272 g/mol. The Kier molecular flexibility index (Phi) is 3.80. The van der Waals surface area contributed by atoms with E-state index >= 15 is 0 Å². The number of nitrogens with one attached hydrogen (secondary N) is 1. The number of hydrogen-bond donors (Lipinski definition) is 2. The standard InChI is InChI=1S/C13H15F3N2O/c14-13(15,16)10-1-2-11(12(17)19)9(6-10)5-8-3-4-18-7-8/h1-2,6,8,18H,3-5,7H2,(H2,17,19). The third kappa shape index (κ3) is 3.26. The summed E-state index contributed by atoms with van der Waals surface area (Å²) in [5, 5.41) is 3.15. The lowest BCUT2D eigenvalue weighted by Crippen LogP contribution is -2.18. The van der Waals surface area contributed by atoms with Gasteiger partial charge in [0.2, 0.25) is 5.91 Å². The fraction of sp³-hybridized carbons (Fsp3) is 0.462. The molecule has 2 rings (SSSR count). The van der Waals surface area contributed by atoms with Crippen molar-refractivity contribution in [2.75, 3.05) is 13.1 Å². The molecule has 1 aromatic rings. The van der Waals surface area contributed by atoms with Crippen LogP contribution in [-0.4, -0.2) is 19.0 Å². The molecule has 1 aromatic carbocycles. The van der Waals surface area contributed by atoms with E-state index < -0.39 is 17.6 Å². The normalized spacial score (nSPS) is 19.6. The molecule has 0 radical (unpaired) electrons. The summed E-state index contributed by atoms with van der Waals surface area (Å²) < 4.78 is 38.1. The van der Waals surface area contributed by atoms with Gasteiger partial charge in [0, 0.05) is 5.56 Å². The molecule has 1 heterocycles. The van der Waals surface area contributed by atoms with Gasteiger partial charge in [0.1, 0.15) is 0 Å². The number of halogens is 3. The fourth-order valence-electron chi connectivity index (χ4n) is 2.38. The Balaban J connectivity index is 2.32. The Morgan fingerprint density at radius 3 is 2.68 bits per heavy atom. The van der Waals surface area contributed by atoms with Crippen LogP contribution < -0.4 is 11.1 Å². The van der Waals surface area contributed by atoms with Gasteiger partial charge < -0.3 is 11.1 Å². The lowest BCUT2D eigenvalue weighted by molar-refractivity contribution is -0.137. The Hall–Kier alpha value is -1.56. The summed E-state index contributed by atoms with van der Waals surface area (Å²) >= 11 is 0. The van der Waals surface area contributed by atoms with Gasteiger partial charge in [-0.15, -0.1) is 0 Å². The quantitative estimate of drug-likeness (QED) is 0.883. The van der Waals surface area contributed by atoms with Gasteiger partial charge in [-0.2, -0.15) is 13.2 Å². The van der Waals surface area contributed by atoms with Crippen molar-refractivity contribution in [3.8, 4) is 0 Å². The molecule has 1 fully saturated rings. The number of hydrogen-bond acceptors (Lipinski definition) is 2. The van der Waals surface area contributed by atoms with Gasteiger partial charge in [0.05, 0.1) is 5.56 Å². The van der Waals surface area contributed by atoms with E-state index in [1.54, 1.807) is 0 Å². The summed E-state index contributed by atoms with van der Waals surface area (Å²) in [6, 6.07) is 3.11. The molecule has 3 nitrogen and oxygen atoms in total. The lowest BCUT2D eigenvalue weighted by Gasteiger charge is -2.14. The zero-order valence-electron chi connectivity index (χ0n) is 10.3. The van der Waals surface area contributed by atoms with Gasteiger partial charge in [0.25, 0.3) is 0 Å². The third-order valence-corrected chi connectivity index (χ3v) is 3.37. The van der Waals surface area contributed by atoms with Crippen molar-refractivity contribution in [1.82, 2.24) is 5.32 Å². The molecule has 104 valence electrons. The van der Waals surface area contributed by atoms with Crippen LogP contribution in [-0.2, 0) is 12.6 Å². The van der Waals surface area contributed by atoms with Gasteiger partial charge in [0.15, 0.2) is 0 Å². The van der Waals surface area contributed by atoms with Crippen LogP contribution in [0.25, 0.3) is 0 Å². The first-order valence-electron chi connectivity index (χ1n) is 6.08. The van der Waals surface area contributed by atoms with Crippen molar-refractivity contribution in [3.05, 3.63) is 34.9 Å². The molecule has 0 saturated carbocycles. The second kappa shape index (κ2) is 5.21. The molecule has 6 heteroatoms. The van der Waals surface area contributed by atoms with Crippen molar-refractivity contribution in [2.45, 2.75) is 19.0 Å². The summed E-state index contributed by atoms with van der Waals surface area (Å²) in [6.07, 6.45) is -3.07. The maximum absolute atomic E-state index is 12.7. The Morgan fingerprint density at radius 2 is 2.16 bits per heavy atom. The minimum Gasteiger partial charge on any atom is -0.366 e. The summed E-state index contributed by atoms with van der Waals surface area (Å²) in [5.41, 5.74) is 5.04. The van der Waals surface area contributed by atoms with Crippen molar-refractivity contribution in [2.24, 2.45) is 11.7 Å². The molecule has 0 aromatic heterocycles. The van der Waals surface area contributed by atoms with E-state index in [0.717, 1.165) is 31.6 Å². The van der Waals surface area contributed by atoms with Crippen LogP contribution in [0.2, 0.25) is 0 Å². The minimum atomic E-state index is -4.40. The van der Waals surface area contributed by atoms with Gasteiger partial charge in [-0.3, -0.25) is 4.79 Å².